The fourth-order valence-electron chi connectivity index (χ4n) is 2.13. The number of amides is 1. The molecule has 134 valence electrons. The zero-order valence-electron chi connectivity index (χ0n) is 13.6. The molecule has 0 bridgehead atoms. The number of anilines is 1. The Morgan fingerprint density at radius 2 is 1.85 bits per heavy atom. The van der Waals surface area contributed by atoms with Gasteiger partial charge in [0.1, 0.15) is 5.75 Å². The lowest BCUT2D eigenvalue weighted by atomic mass is 10.2. The van der Waals surface area contributed by atoms with Gasteiger partial charge in [0, 0.05) is 18.3 Å². The van der Waals surface area contributed by atoms with Crippen molar-refractivity contribution >= 4 is 39.4 Å². The maximum absolute atomic E-state index is 12.8. The van der Waals surface area contributed by atoms with Crippen LogP contribution in [0.15, 0.2) is 71.6 Å². The average molecular weight is 455 g/mol. The van der Waals surface area contributed by atoms with Gasteiger partial charge in [-0.1, -0.05) is 40.0 Å². The first-order chi connectivity index (χ1) is 12.0. The molecule has 0 saturated heterocycles. The summed E-state index contributed by atoms with van der Waals surface area (Å²) in [5.41, 5.74) is 1.08. The van der Waals surface area contributed by atoms with E-state index in [0.717, 1.165) is 5.56 Å². The quantitative estimate of drug-likeness (QED) is 0.564. The molecule has 0 spiro atoms. The molecular formula is C18H14BrCl2N3O2. The molecule has 0 atom stereocenters. The van der Waals surface area contributed by atoms with Crippen LogP contribution >= 0.6 is 27.5 Å². The van der Waals surface area contributed by atoms with Crippen LogP contribution in [0.2, 0.25) is 5.02 Å². The minimum absolute atomic E-state index is 0. The summed E-state index contributed by atoms with van der Waals surface area (Å²) in [6, 6.07) is 14.4. The predicted octanol–water partition coefficient (Wildman–Crippen LogP) is 1.57. The minimum atomic E-state index is -0.601. The van der Waals surface area contributed by atoms with Gasteiger partial charge in [-0.05, 0) is 46.1 Å². The van der Waals surface area contributed by atoms with Crippen LogP contribution in [0.4, 0.5) is 10.6 Å². The number of carbonyl (C=O) groups is 1. The lowest BCUT2D eigenvalue weighted by molar-refractivity contribution is -0.675. The molecule has 3 rings (SSSR count). The van der Waals surface area contributed by atoms with E-state index in [-0.39, 0.29) is 12.4 Å². The number of aromatic nitrogens is 2. The van der Waals surface area contributed by atoms with Gasteiger partial charge in [0.25, 0.3) is 0 Å². The molecule has 26 heavy (non-hydrogen) atoms. The van der Waals surface area contributed by atoms with Crippen molar-refractivity contribution in [3.63, 3.8) is 0 Å². The Morgan fingerprint density at radius 1 is 1.19 bits per heavy atom. The summed E-state index contributed by atoms with van der Waals surface area (Å²) in [6.45, 7) is 1.96. The molecule has 0 aliphatic rings. The second-order valence-electron chi connectivity index (χ2n) is 5.21. The van der Waals surface area contributed by atoms with Crippen LogP contribution in [0.5, 0.6) is 5.75 Å². The molecule has 2 aromatic heterocycles. The van der Waals surface area contributed by atoms with Gasteiger partial charge in [0.15, 0.2) is 0 Å². The summed E-state index contributed by atoms with van der Waals surface area (Å²) in [7, 11) is 0. The molecule has 1 aromatic carbocycles. The Morgan fingerprint density at radius 3 is 2.46 bits per heavy atom. The zero-order chi connectivity index (χ0) is 17.8. The third-order valence-electron chi connectivity index (χ3n) is 3.32. The van der Waals surface area contributed by atoms with Crippen molar-refractivity contribution in [1.29, 1.82) is 0 Å². The first kappa shape index (κ1) is 20.2. The van der Waals surface area contributed by atoms with Gasteiger partial charge >= 0.3 is 6.09 Å². The smallest absolute Gasteiger partial charge is 0.475 e. The molecule has 0 N–H and O–H groups in total. The molecule has 0 aliphatic carbocycles. The normalized spacial score (nSPS) is 9.96. The maximum atomic E-state index is 12.8. The van der Waals surface area contributed by atoms with Crippen LogP contribution < -0.4 is 26.8 Å². The van der Waals surface area contributed by atoms with E-state index >= 15 is 0 Å². The summed E-state index contributed by atoms with van der Waals surface area (Å²) in [6.07, 6.45) is 4.31. The number of benzene rings is 1. The topological polar surface area (TPSA) is 46.3 Å². The molecule has 0 saturated carbocycles. The molecule has 0 radical (unpaired) electrons. The highest BCUT2D eigenvalue weighted by molar-refractivity contribution is 9.10. The predicted molar refractivity (Wildman–Crippen MR) is 98.7 cm³/mol. The number of ether oxygens (including phenoxy) is 1. The van der Waals surface area contributed by atoms with Crippen molar-refractivity contribution < 1.29 is 26.6 Å². The fraction of sp³-hybridized carbons (Fsp3) is 0.0556. The van der Waals surface area contributed by atoms with Gasteiger partial charge in [-0.15, -0.1) is 0 Å². The second kappa shape index (κ2) is 8.98. The van der Waals surface area contributed by atoms with Crippen LogP contribution in [0.3, 0.4) is 0 Å². The van der Waals surface area contributed by atoms with Crippen molar-refractivity contribution in [2.24, 2.45) is 0 Å². The van der Waals surface area contributed by atoms with Crippen LogP contribution in [-0.4, -0.2) is 11.1 Å². The Bertz CT molecular complexity index is 893. The summed E-state index contributed by atoms with van der Waals surface area (Å²) >= 11 is 9.36. The van der Waals surface area contributed by atoms with Gasteiger partial charge in [0.05, 0.1) is 9.50 Å². The summed E-state index contributed by atoms with van der Waals surface area (Å²) in [5.74, 6) is 0.805. The number of carbonyl (C=O) groups excluding carboxylic acids is 1. The second-order valence-corrected chi connectivity index (χ2v) is 6.50. The number of hydrogen-bond donors (Lipinski definition) is 0. The molecule has 0 fully saturated rings. The standard InChI is InChI=1S/C18H14BrClN3O2.ClH/c1-13-5-7-15(8-6-13)25-18(24)23(22-9-3-2-4-10-22)17-16(19)11-14(20)12-21-17;/h2-12H,1H3;1H/q+1;/p-1. The first-order valence-corrected chi connectivity index (χ1v) is 8.58. The SMILES string of the molecule is Cc1ccc(OC(=O)N(c2ncc(Cl)cc2Br)[n+]2ccccc2)cc1.[Cl-]. The van der Waals surface area contributed by atoms with E-state index in [9.17, 15) is 4.79 Å². The number of hydrogen-bond acceptors (Lipinski definition) is 3. The number of nitrogens with zero attached hydrogens (tertiary/aromatic N) is 3. The van der Waals surface area contributed by atoms with Gasteiger partial charge < -0.3 is 17.1 Å². The minimum Gasteiger partial charge on any atom is -1.00 e. The number of halogens is 3. The summed E-state index contributed by atoms with van der Waals surface area (Å²) < 4.78 is 7.65. The third kappa shape index (κ3) is 4.72. The number of pyridine rings is 2. The van der Waals surface area contributed by atoms with Gasteiger partial charge in [-0.2, -0.15) is 0 Å². The van der Waals surface area contributed by atoms with Gasteiger partial charge in [-0.25, -0.2) is 9.78 Å². The zero-order valence-corrected chi connectivity index (χ0v) is 16.7. The number of rotatable bonds is 3. The summed E-state index contributed by atoms with van der Waals surface area (Å²) in [4.78, 5) is 17.1. The van der Waals surface area contributed by atoms with E-state index in [4.69, 9.17) is 16.3 Å². The molecule has 0 unspecified atom stereocenters. The molecule has 5 nitrogen and oxygen atoms in total. The summed E-state index contributed by atoms with van der Waals surface area (Å²) in [5, 5.41) is 1.76. The highest BCUT2D eigenvalue weighted by Gasteiger charge is 2.30. The lowest BCUT2D eigenvalue weighted by Crippen LogP contribution is -3.00. The molecule has 1 amide bonds. The molecule has 0 aliphatic heterocycles. The van der Waals surface area contributed by atoms with E-state index < -0.39 is 6.09 Å². The lowest BCUT2D eigenvalue weighted by Gasteiger charge is -2.15. The largest absolute Gasteiger partial charge is 1.00 e. The highest BCUT2D eigenvalue weighted by Crippen LogP contribution is 2.26. The average Bonchev–Trinajstić information content (AvgIpc) is 2.60. The molecule has 2 heterocycles. The Hall–Kier alpha value is -2.15. The van der Waals surface area contributed by atoms with Crippen LogP contribution in [0, 0.1) is 6.92 Å². The highest BCUT2D eigenvalue weighted by atomic mass is 79.9. The fourth-order valence-corrected chi connectivity index (χ4v) is 2.93. The van der Waals surface area contributed by atoms with E-state index in [0.29, 0.717) is 21.1 Å². The molecule has 3 aromatic rings. The van der Waals surface area contributed by atoms with E-state index in [1.165, 1.54) is 11.2 Å². The molecular weight excluding hydrogens is 441 g/mol. The Labute approximate surface area is 170 Å². The van der Waals surface area contributed by atoms with Crippen LogP contribution in [0.1, 0.15) is 5.56 Å². The molecule has 8 heteroatoms. The maximum Gasteiger partial charge on any atom is 0.475 e. The van der Waals surface area contributed by atoms with E-state index in [1.807, 2.05) is 25.1 Å². The van der Waals surface area contributed by atoms with E-state index in [2.05, 4.69) is 20.9 Å². The van der Waals surface area contributed by atoms with Crippen molar-refractivity contribution in [3.8, 4) is 5.75 Å². The van der Waals surface area contributed by atoms with Crippen molar-refractivity contribution in [1.82, 2.24) is 4.98 Å². The van der Waals surface area contributed by atoms with Gasteiger partial charge in [0.2, 0.25) is 18.2 Å². The first-order valence-electron chi connectivity index (χ1n) is 7.41. The van der Waals surface area contributed by atoms with E-state index in [1.54, 1.807) is 47.4 Å². The van der Waals surface area contributed by atoms with Crippen molar-refractivity contribution in [2.45, 2.75) is 6.92 Å². The third-order valence-corrected chi connectivity index (χ3v) is 4.11. The Kier molecular flexibility index (Phi) is 6.97. The van der Waals surface area contributed by atoms with Crippen molar-refractivity contribution in [2.75, 3.05) is 5.01 Å². The Balaban J connectivity index is 0.00000243. The monoisotopic (exact) mass is 453 g/mol. The van der Waals surface area contributed by atoms with Crippen molar-refractivity contribution in [3.05, 3.63) is 82.2 Å². The van der Waals surface area contributed by atoms with Crippen LogP contribution in [-0.2, 0) is 0 Å². The van der Waals surface area contributed by atoms with Crippen LogP contribution in [0.25, 0.3) is 0 Å². The van der Waals surface area contributed by atoms with Gasteiger partial charge in [-0.3, -0.25) is 0 Å². The number of aryl methyl sites for hydroxylation is 1.